The van der Waals surface area contributed by atoms with Gasteiger partial charge in [0.2, 0.25) is 5.91 Å². The third-order valence-corrected chi connectivity index (χ3v) is 4.63. The first-order valence-electron chi connectivity index (χ1n) is 8.42. The number of carbonyl (C=O) groups excluding carboxylic acids is 2. The van der Waals surface area contributed by atoms with Crippen molar-refractivity contribution in [1.82, 2.24) is 9.80 Å². The summed E-state index contributed by atoms with van der Waals surface area (Å²) in [7, 11) is 0. The maximum atomic E-state index is 12.5. The number of nitrogens with two attached hydrogens (primary N) is 1. The van der Waals surface area contributed by atoms with Gasteiger partial charge in [-0.2, -0.15) is 0 Å². The smallest absolute Gasteiger partial charge is 0.320 e. The Morgan fingerprint density at radius 2 is 1.65 bits per heavy atom. The zero-order valence-electron chi connectivity index (χ0n) is 14.3. The molecule has 1 aromatic carbocycles. The van der Waals surface area contributed by atoms with Gasteiger partial charge in [-0.25, -0.2) is 4.79 Å². The van der Waals surface area contributed by atoms with E-state index in [1.165, 1.54) is 18.2 Å². The predicted molar refractivity (Wildman–Crippen MR) is 93.2 cm³/mol. The lowest BCUT2D eigenvalue weighted by molar-refractivity contribution is -0.384. The molecule has 10 heteroatoms. The Bertz CT molecular complexity index is 711. The molecule has 2 aliphatic rings. The SMILES string of the molecule is NC(=O)c1ccc(N2CCN(C(=O)N3CCOCC3)CC2)c([N+](=O)[O-])c1. The Hall–Kier alpha value is -2.88. The fourth-order valence-corrected chi connectivity index (χ4v) is 3.18. The summed E-state index contributed by atoms with van der Waals surface area (Å²) in [5.41, 5.74) is 5.57. The molecule has 0 saturated carbocycles. The number of benzene rings is 1. The second kappa shape index (κ2) is 7.56. The number of morpholine rings is 1. The maximum Gasteiger partial charge on any atom is 0.320 e. The van der Waals surface area contributed by atoms with Gasteiger partial charge >= 0.3 is 6.03 Å². The van der Waals surface area contributed by atoms with E-state index < -0.39 is 10.8 Å². The number of hydrogen-bond acceptors (Lipinski definition) is 6. The first kappa shape index (κ1) is 17.9. The molecule has 0 atom stereocenters. The van der Waals surface area contributed by atoms with Crippen molar-refractivity contribution in [1.29, 1.82) is 0 Å². The molecule has 3 amide bonds. The summed E-state index contributed by atoms with van der Waals surface area (Å²) in [6, 6.07) is 4.20. The van der Waals surface area contributed by atoms with Crippen LogP contribution in [0.1, 0.15) is 10.4 Å². The molecule has 10 nitrogen and oxygen atoms in total. The highest BCUT2D eigenvalue weighted by molar-refractivity contribution is 5.94. The van der Waals surface area contributed by atoms with E-state index in [1.807, 2.05) is 4.90 Å². The van der Waals surface area contributed by atoms with Crippen molar-refractivity contribution in [3.8, 4) is 0 Å². The van der Waals surface area contributed by atoms with Gasteiger partial charge in [0.05, 0.1) is 18.1 Å². The van der Waals surface area contributed by atoms with Crippen LogP contribution in [0, 0.1) is 10.1 Å². The Labute approximate surface area is 150 Å². The van der Waals surface area contributed by atoms with Gasteiger partial charge in [-0.15, -0.1) is 0 Å². The van der Waals surface area contributed by atoms with Crippen LogP contribution in [0.25, 0.3) is 0 Å². The quantitative estimate of drug-likeness (QED) is 0.607. The molecule has 2 saturated heterocycles. The van der Waals surface area contributed by atoms with E-state index in [4.69, 9.17) is 10.5 Å². The van der Waals surface area contributed by atoms with Gasteiger partial charge in [-0.05, 0) is 12.1 Å². The van der Waals surface area contributed by atoms with E-state index in [0.717, 1.165) is 0 Å². The van der Waals surface area contributed by atoms with Crippen molar-refractivity contribution in [2.75, 3.05) is 57.4 Å². The molecule has 140 valence electrons. The van der Waals surface area contributed by atoms with Crippen LogP contribution in [0.2, 0.25) is 0 Å². The van der Waals surface area contributed by atoms with Crippen molar-refractivity contribution in [3.05, 3.63) is 33.9 Å². The number of amides is 3. The standard InChI is InChI=1S/C16H21N5O5/c17-15(22)12-1-2-13(14(11-12)21(24)25)18-3-5-19(6-4-18)16(23)20-7-9-26-10-8-20/h1-2,11H,3-10H2,(H2,17,22). The summed E-state index contributed by atoms with van der Waals surface area (Å²) in [5, 5.41) is 11.4. The summed E-state index contributed by atoms with van der Waals surface area (Å²) >= 11 is 0. The zero-order valence-corrected chi connectivity index (χ0v) is 14.3. The van der Waals surface area contributed by atoms with Crippen LogP contribution in [0.5, 0.6) is 0 Å². The largest absolute Gasteiger partial charge is 0.378 e. The number of nitro benzene ring substituents is 1. The minimum atomic E-state index is -0.708. The second-order valence-corrected chi connectivity index (χ2v) is 6.18. The number of nitrogens with zero attached hydrogens (tertiary/aromatic N) is 4. The summed E-state index contributed by atoms with van der Waals surface area (Å²) in [4.78, 5) is 40.0. The molecule has 0 aromatic heterocycles. The average molecular weight is 363 g/mol. The van der Waals surface area contributed by atoms with Crippen molar-refractivity contribution >= 4 is 23.3 Å². The number of hydrogen-bond donors (Lipinski definition) is 1. The molecule has 0 unspecified atom stereocenters. The molecule has 3 rings (SSSR count). The van der Waals surface area contributed by atoms with Gasteiger partial charge in [0.15, 0.2) is 0 Å². The fourth-order valence-electron chi connectivity index (χ4n) is 3.18. The van der Waals surface area contributed by atoms with Crippen LogP contribution in [-0.4, -0.2) is 79.1 Å². The Kier molecular flexibility index (Phi) is 5.21. The number of piperazine rings is 1. The Morgan fingerprint density at radius 1 is 1.04 bits per heavy atom. The highest BCUT2D eigenvalue weighted by Crippen LogP contribution is 2.30. The average Bonchev–Trinajstić information content (AvgIpc) is 2.67. The van der Waals surface area contributed by atoms with E-state index in [1.54, 1.807) is 9.80 Å². The number of urea groups is 1. The van der Waals surface area contributed by atoms with Gasteiger partial charge in [0.25, 0.3) is 5.69 Å². The minimum Gasteiger partial charge on any atom is -0.378 e. The number of nitro groups is 1. The van der Waals surface area contributed by atoms with Gasteiger partial charge in [-0.1, -0.05) is 0 Å². The lowest BCUT2D eigenvalue weighted by atomic mass is 10.1. The van der Waals surface area contributed by atoms with E-state index in [-0.39, 0.29) is 17.3 Å². The van der Waals surface area contributed by atoms with Crippen LogP contribution in [0.4, 0.5) is 16.2 Å². The topological polar surface area (TPSA) is 122 Å². The molecule has 0 radical (unpaired) electrons. The number of ether oxygens (including phenoxy) is 1. The summed E-state index contributed by atoms with van der Waals surface area (Å²) in [6.07, 6.45) is 0. The lowest BCUT2D eigenvalue weighted by Crippen LogP contribution is -2.54. The molecule has 0 bridgehead atoms. The maximum absolute atomic E-state index is 12.5. The number of primary amides is 1. The molecule has 2 N–H and O–H groups in total. The van der Waals surface area contributed by atoms with Crippen molar-refractivity contribution < 1.29 is 19.2 Å². The second-order valence-electron chi connectivity index (χ2n) is 6.18. The van der Waals surface area contributed by atoms with Crippen molar-refractivity contribution in [3.63, 3.8) is 0 Å². The summed E-state index contributed by atoms with van der Waals surface area (Å²) < 4.78 is 5.26. The Balaban J connectivity index is 1.68. The minimum absolute atomic E-state index is 0.0217. The summed E-state index contributed by atoms with van der Waals surface area (Å²) in [5.74, 6) is -0.708. The predicted octanol–water partition coefficient (Wildman–Crippen LogP) is 0.268. The fraction of sp³-hybridized carbons (Fsp3) is 0.500. The monoisotopic (exact) mass is 363 g/mol. The van der Waals surface area contributed by atoms with E-state index >= 15 is 0 Å². The van der Waals surface area contributed by atoms with Crippen LogP contribution in [-0.2, 0) is 4.74 Å². The van der Waals surface area contributed by atoms with Crippen molar-refractivity contribution in [2.24, 2.45) is 5.73 Å². The first-order chi connectivity index (χ1) is 12.5. The first-order valence-corrected chi connectivity index (χ1v) is 8.42. The number of anilines is 1. The van der Waals surface area contributed by atoms with Crippen molar-refractivity contribution in [2.45, 2.75) is 0 Å². The number of carbonyl (C=O) groups is 2. The normalized spacial score (nSPS) is 17.9. The molecular formula is C16H21N5O5. The Morgan fingerprint density at radius 3 is 2.23 bits per heavy atom. The van der Waals surface area contributed by atoms with Gasteiger partial charge in [-0.3, -0.25) is 14.9 Å². The molecule has 1 aromatic rings. The van der Waals surface area contributed by atoms with Gasteiger partial charge < -0.3 is 25.2 Å². The highest BCUT2D eigenvalue weighted by atomic mass is 16.6. The molecular weight excluding hydrogens is 342 g/mol. The van der Waals surface area contributed by atoms with E-state index in [2.05, 4.69) is 0 Å². The molecule has 26 heavy (non-hydrogen) atoms. The van der Waals surface area contributed by atoms with Crippen LogP contribution in [0.15, 0.2) is 18.2 Å². The molecule has 0 aliphatic carbocycles. The van der Waals surface area contributed by atoms with E-state index in [9.17, 15) is 19.7 Å². The van der Waals surface area contributed by atoms with Gasteiger partial charge in [0.1, 0.15) is 5.69 Å². The van der Waals surface area contributed by atoms with E-state index in [0.29, 0.717) is 58.2 Å². The van der Waals surface area contributed by atoms with Crippen LogP contribution < -0.4 is 10.6 Å². The lowest BCUT2D eigenvalue weighted by Gasteiger charge is -2.39. The molecule has 0 spiro atoms. The number of rotatable bonds is 3. The summed E-state index contributed by atoms with van der Waals surface area (Å²) in [6.45, 7) is 4.17. The van der Waals surface area contributed by atoms with Crippen LogP contribution >= 0.6 is 0 Å². The zero-order chi connectivity index (χ0) is 18.7. The third-order valence-electron chi connectivity index (χ3n) is 4.63. The van der Waals surface area contributed by atoms with Gasteiger partial charge in [0, 0.05) is 50.9 Å². The third kappa shape index (κ3) is 3.69. The molecule has 2 fully saturated rings. The molecule has 2 heterocycles. The molecule has 2 aliphatic heterocycles. The highest BCUT2D eigenvalue weighted by Gasteiger charge is 2.29. The van der Waals surface area contributed by atoms with Crippen LogP contribution in [0.3, 0.4) is 0 Å².